The molecule has 0 bridgehead atoms. The van der Waals surface area contributed by atoms with Crippen molar-refractivity contribution in [2.45, 2.75) is 341 Å². The standard InChI is InChI=1S/C76H130O6/c1-4-7-10-13-16-19-22-25-28-30-32-34-36-38-40-42-44-46-48-51-54-57-60-63-66-69-75(78)81-72-73(71-80-74(77)68-65-62-59-56-53-50-27-24-21-18-15-12-9-6-3)82-76(79)70-67-64-61-58-55-52-49-47-45-43-41-39-37-35-33-31-29-26-23-20-17-14-11-8-5-2/h7,10,15-16,18-19,23-28,31-34,37,39,73H,4-6,8-9,11-14,17,20-22,29-30,35-36,38,40-72H2,1-3H3/b10-7-,18-15-,19-16-,26-23-,27-24-,28-25-,33-31-,34-32-,39-37-. The van der Waals surface area contributed by atoms with E-state index in [0.29, 0.717) is 19.3 Å². The van der Waals surface area contributed by atoms with Gasteiger partial charge in [-0.25, -0.2) is 0 Å². The lowest BCUT2D eigenvalue weighted by Crippen LogP contribution is -2.30. The maximum absolute atomic E-state index is 13.0. The first-order valence-electron chi connectivity index (χ1n) is 34.9. The average molecular weight is 1140 g/mol. The van der Waals surface area contributed by atoms with Crippen molar-refractivity contribution in [2.24, 2.45) is 0 Å². The minimum absolute atomic E-state index is 0.0846. The van der Waals surface area contributed by atoms with E-state index in [0.717, 1.165) is 122 Å². The summed E-state index contributed by atoms with van der Waals surface area (Å²) in [5.74, 6) is -0.893. The fourth-order valence-electron chi connectivity index (χ4n) is 9.75. The molecule has 0 amide bonds. The Labute approximate surface area is 508 Å². The predicted molar refractivity (Wildman–Crippen MR) is 357 cm³/mol. The number of carbonyl (C=O) groups is 3. The summed E-state index contributed by atoms with van der Waals surface area (Å²) >= 11 is 0. The molecule has 470 valence electrons. The molecule has 0 aliphatic rings. The molecule has 0 fully saturated rings. The average Bonchev–Trinajstić information content (AvgIpc) is 3.47. The second-order valence-corrected chi connectivity index (χ2v) is 23.1. The molecule has 0 N–H and O–H groups in total. The van der Waals surface area contributed by atoms with Gasteiger partial charge in [-0.1, -0.05) is 304 Å². The van der Waals surface area contributed by atoms with Crippen molar-refractivity contribution in [1.29, 1.82) is 0 Å². The summed E-state index contributed by atoms with van der Waals surface area (Å²) in [5.41, 5.74) is 0. The Morgan fingerprint density at radius 2 is 0.488 bits per heavy atom. The second-order valence-electron chi connectivity index (χ2n) is 23.1. The highest BCUT2D eigenvalue weighted by molar-refractivity contribution is 5.71. The Balaban J connectivity index is 4.33. The molecule has 1 unspecified atom stereocenters. The van der Waals surface area contributed by atoms with Crippen LogP contribution in [-0.2, 0) is 28.6 Å². The van der Waals surface area contributed by atoms with Gasteiger partial charge in [0, 0.05) is 19.3 Å². The van der Waals surface area contributed by atoms with Crippen molar-refractivity contribution in [3.63, 3.8) is 0 Å². The summed E-state index contributed by atoms with van der Waals surface area (Å²) in [6.07, 6.45) is 95.3. The lowest BCUT2D eigenvalue weighted by atomic mass is 10.0. The minimum atomic E-state index is -0.790. The van der Waals surface area contributed by atoms with Crippen molar-refractivity contribution in [3.8, 4) is 0 Å². The fourth-order valence-corrected chi connectivity index (χ4v) is 9.75. The number of ether oxygens (including phenoxy) is 3. The predicted octanol–water partition coefficient (Wildman–Crippen LogP) is 24.2. The van der Waals surface area contributed by atoms with Crippen LogP contribution in [0.5, 0.6) is 0 Å². The van der Waals surface area contributed by atoms with Gasteiger partial charge in [0.25, 0.3) is 0 Å². The Morgan fingerprint density at radius 1 is 0.256 bits per heavy atom. The van der Waals surface area contributed by atoms with Crippen molar-refractivity contribution >= 4 is 17.9 Å². The minimum Gasteiger partial charge on any atom is -0.462 e. The largest absolute Gasteiger partial charge is 0.462 e. The second kappa shape index (κ2) is 69.6. The van der Waals surface area contributed by atoms with Gasteiger partial charge in [0.1, 0.15) is 13.2 Å². The van der Waals surface area contributed by atoms with Gasteiger partial charge < -0.3 is 14.2 Å². The molecule has 0 saturated heterocycles. The zero-order chi connectivity index (χ0) is 59.2. The van der Waals surface area contributed by atoms with E-state index in [1.54, 1.807) is 0 Å². The van der Waals surface area contributed by atoms with Crippen LogP contribution in [0.3, 0.4) is 0 Å². The number of allylic oxidation sites excluding steroid dienone is 18. The van der Waals surface area contributed by atoms with Crippen LogP contribution in [0.1, 0.15) is 335 Å². The smallest absolute Gasteiger partial charge is 0.306 e. The van der Waals surface area contributed by atoms with Crippen molar-refractivity contribution in [3.05, 3.63) is 109 Å². The Hall–Kier alpha value is -3.93. The van der Waals surface area contributed by atoms with Gasteiger partial charge in [0.15, 0.2) is 6.10 Å². The molecule has 0 heterocycles. The van der Waals surface area contributed by atoms with Crippen LogP contribution in [0, 0.1) is 0 Å². The Morgan fingerprint density at radius 3 is 0.780 bits per heavy atom. The van der Waals surface area contributed by atoms with E-state index in [4.69, 9.17) is 14.2 Å². The zero-order valence-electron chi connectivity index (χ0n) is 54.0. The maximum atomic E-state index is 13.0. The third-order valence-corrected chi connectivity index (χ3v) is 15.0. The molecule has 0 aliphatic carbocycles. The first-order valence-corrected chi connectivity index (χ1v) is 34.9. The van der Waals surface area contributed by atoms with Gasteiger partial charge in [-0.05, 0) is 122 Å². The van der Waals surface area contributed by atoms with Crippen LogP contribution in [0.25, 0.3) is 0 Å². The summed E-state index contributed by atoms with van der Waals surface area (Å²) in [6, 6.07) is 0. The molecule has 82 heavy (non-hydrogen) atoms. The summed E-state index contributed by atoms with van der Waals surface area (Å²) in [6.45, 7) is 6.49. The summed E-state index contributed by atoms with van der Waals surface area (Å²) in [5, 5.41) is 0. The lowest BCUT2D eigenvalue weighted by Gasteiger charge is -2.18. The summed E-state index contributed by atoms with van der Waals surface area (Å²) in [7, 11) is 0. The molecule has 6 heteroatoms. The molecule has 0 rings (SSSR count). The Kier molecular flexibility index (Phi) is 66.2. The molecule has 0 aromatic carbocycles. The maximum Gasteiger partial charge on any atom is 0.306 e. The molecular weight excluding hydrogens is 1010 g/mol. The van der Waals surface area contributed by atoms with Gasteiger partial charge in [-0.2, -0.15) is 0 Å². The van der Waals surface area contributed by atoms with Gasteiger partial charge in [0.05, 0.1) is 0 Å². The van der Waals surface area contributed by atoms with Crippen LogP contribution in [0.2, 0.25) is 0 Å². The zero-order valence-corrected chi connectivity index (χ0v) is 54.0. The number of hydrogen-bond acceptors (Lipinski definition) is 6. The molecule has 0 saturated carbocycles. The third-order valence-electron chi connectivity index (χ3n) is 15.0. The van der Waals surface area contributed by atoms with Crippen LogP contribution in [0.4, 0.5) is 0 Å². The number of rotatable bonds is 63. The number of hydrogen-bond donors (Lipinski definition) is 0. The monoisotopic (exact) mass is 1140 g/mol. The molecule has 0 radical (unpaired) electrons. The number of esters is 3. The van der Waals surface area contributed by atoms with Gasteiger partial charge >= 0.3 is 17.9 Å². The van der Waals surface area contributed by atoms with Crippen molar-refractivity contribution in [2.75, 3.05) is 13.2 Å². The van der Waals surface area contributed by atoms with Gasteiger partial charge in [-0.3, -0.25) is 14.4 Å². The summed E-state index contributed by atoms with van der Waals surface area (Å²) in [4.78, 5) is 38.4. The van der Waals surface area contributed by atoms with E-state index >= 15 is 0 Å². The van der Waals surface area contributed by atoms with E-state index in [1.807, 2.05) is 0 Å². The van der Waals surface area contributed by atoms with E-state index in [2.05, 4.69) is 130 Å². The number of carbonyl (C=O) groups excluding carboxylic acids is 3. The van der Waals surface area contributed by atoms with E-state index < -0.39 is 6.10 Å². The van der Waals surface area contributed by atoms with E-state index in [-0.39, 0.29) is 31.1 Å². The normalized spacial score (nSPS) is 12.8. The van der Waals surface area contributed by atoms with Crippen LogP contribution < -0.4 is 0 Å². The van der Waals surface area contributed by atoms with Crippen LogP contribution >= 0.6 is 0 Å². The van der Waals surface area contributed by atoms with E-state index in [9.17, 15) is 14.4 Å². The fraction of sp³-hybridized carbons (Fsp3) is 0.724. The lowest BCUT2D eigenvalue weighted by molar-refractivity contribution is -0.167. The van der Waals surface area contributed by atoms with E-state index in [1.165, 1.54) is 173 Å². The van der Waals surface area contributed by atoms with Crippen LogP contribution in [0.15, 0.2) is 109 Å². The quantitative estimate of drug-likeness (QED) is 0.0261. The molecule has 0 aromatic heterocycles. The highest BCUT2D eigenvalue weighted by Gasteiger charge is 2.19. The molecule has 1 atom stereocenters. The molecule has 0 aliphatic heterocycles. The van der Waals surface area contributed by atoms with Crippen molar-refractivity contribution < 1.29 is 28.6 Å². The molecule has 0 spiro atoms. The van der Waals surface area contributed by atoms with Gasteiger partial charge in [-0.15, -0.1) is 0 Å². The molecular formula is C76H130O6. The number of unbranched alkanes of at least 4 members (excludes halogenated alkanes) is 34. The topological polar surface area (TPSA) is 78.9 Å². The van der Waals surface area contributed by atoms with Gasteiger partial charge in [0.2, 0.25) is 0 Å². The highest BCUT2D eigenvalue weighted by atomic mass is 16.6. The Bertz CT molecular complexity index is 1640. The molecule has 6 nitrogen and oxygen atoms in total. The molecule has 0 aromatic rings. The SMILES string of the molecule is CC/C=C\C/C=C\C/C=C\C/C=C\CCCCCCCCCCCCCCC(=O)OCC(COC(=O)CCCCCCC/C=C\C/C=C\CCCC)OC(=O)CCCCCCCCCCCC/C=C\C/C=C\C/C=C\CCCCCCC. The first kappa shape index (κ1) is 78.1. The van der Waals surface area contributed by atoms with Crippen molar-refractivity contribution in [1.82, 2.24) is 0 Å². The third kappa shape index (κ3) is 66.9. The first-order chi connectivity index (χ1) is 40.5. The summed E-state index contributed by atoms with van der Waals surface area (Å²) < 4.78 is 17.0. The van der Waals surface area contributed by atoms with Crippen LogP contribution in [-0.4, -0.2) is 37.2 Å². The highest BCUT2D eigenvalue weighted by Crippen LogP contribution is 2.17.